The molecule has 3 N–H and O–H groups in total. The summed E-state index contributed by atoms with van der Waals surface area (Å²) in [5.74, 6) is -3.96. The predicted octanol–water partition coefficient (Wildman–Crippen LogP) is 2.98. The molecule has 10 heteroatoms. The molecule has 33 heavy (non-hydrogen) atoms. The Bertz CT molecular complexity index is 1410. The summed E-state index contributed by atoms with van der Waals surface area (Å²) in [6, 6.07) is 2.75. The van der Waals surface area contributed by atoms with E-state index >= 15 is 4.39 Å². The van der Waals surface area contributed by atoms with Gasteiger partial charge in [0.15, 0.2) is 17.3 Å². The summed E-state index contributed by atoms with van der Waals surface area (Å²) in [6.45, 7) is 4.44. The van der Waals surface area contributed by atoms with Crippen LogP contribution >= 0.6 is 0 Å². The molecule has 3 heterocycles. The normalized spacial score (nSPS) is 24.1. The molecular weight excluding hydrogens is 437 g/mol. The van der Waals surface area contributed by atoms with Crippen molar-refractivity contribution in [1.82, 2.24) is 9.55 Å². The molecule has 0 amide bonds. The summed E-state index contributed by atoms with van der Waals surface area (Å²) in [6.07, 6.45) is 1.73. The van der Waals surface area contributed by atoms with E-state index in [4.69, 9.17) is 5.73 Å². The van der Waals surface area contributed by atoms with Crippen molar-refractivity contribution in [2.45, 2.75) is 26.3 Å². The maximum absolute atomic E-state index is 15.5. The highest BCUT2D eigenvalue weighted by atomic mass is 19.1. The SMILES string of the molecule is Cc1c(F)c(N2C[C@H]3[C@@H](N)C[C@@]3(C)C2)nc2c1c(=O)c(C(=O)O)cn2-c1ccc(F)cc1F. The molecule has 1 aromatic carbocycles. The van der Waals surface area contributed by atoms with Gasteiger partial charge in [-0.3, -0.25) is 9.36 Å². The molecule has 0 spiro atoms. The Morgan fingerprint density at radius 2 is 2.03 bits per heavy atom. The molecule has 5 rings (SSSR count). The van der Waals surface area contributed by atoms with Crippen LogP contribution in [0.25, 0.3) is 16.7 Å². The lowest BCUT2D eigenvalue weighted by Crippen LogP contribution is -2.53. The van der Waals surface area contributed by atoms with E-state index in [2.05, 4.69) is 11.9 Å². The minimum absolute atomic E-state index is 0.00855. The molecule has 3 atom stereocenters. The zero-order valence-corrected chi connectivity index (χ0v) is 17.9. The number of hydrogen-bond donors (Lipinski definition) is 2. The molecule has 1 aliphatic heterocycles. The van der Waals surface area contributed by atoms with Crippen LogP contribution in [-0.4, -0.2) is 39.8 Å². The monoisotopic (exact) mass is 458 g/mol. The lowest BCUT2D eigenvalue weighted by Gasteiger charge is -2.46. The Hall–Kier alpha value is -3.40. The van der Waals surface area contributed by atoms with E-state index in [9.17, 15) is 23.5 Å². The Morgan fingerprint density at radius 3 is 2.64 bits per heavy atom. The number of anilines is 1. The molecule has 2 aliphatic rings. The van der Waals surface area contributed by atoms with E-state index in [0.29, 0.717) is 19.2 Å². The average Bonchev–Trinajstić information content (AvgIpc) is 3.01. The summed E-state index contributed by atoms with van der Waals surface area (Å²) >= 11 is 0. The molecule has 1 aliphatic carbocycles. The Kier molecular flexibility index (Phi) is 4.58. The van der Waals surface area contributed by atoms with Gasteiger partial charge in [-0.1, -0.05) is 6.92 Å². The molecule has 2 aromatic heterocycles. The number of hydrogen-bond acceptors (Lipinski definition) is 5. The van der Waals surface area contributed by atoms with Crippen molar-refractivity contribution in [3.8, 4) is 5.69 Å². The molecule has 0 unspecified atom stereocenters. The van der Waals surface area contributed by atoms with Crippen LogP contribution in [0.5, 0.6) is 0 Å². The number of aryl methyl sites for hydroxylation is 1. The molecule has 0 radical (unpaired) electrons. The Labute approximate surface area is 186 Å². The average molecular weight is 458 g/mol. The van der Waals surface area contributed by atoms with E-state index in [1.54, 1.807) is 4.90 Å². The van der Waals surface area contributed by atoms with Crippen molar-refractivity contribution < 1.29 is 23.1 Å². The van der Waals surface area contributed by atoms with Gasteiger partial charge in [0, 0.05) is 37.0 Å². The van der Waals surface area contributed by atoms with E-state index < -0.39 is 34.4 Å². The first-order chi connectivity index (χ1) is 15.5. The van der Waals surface area contributed by atoms with Gasteiger partial charge in [-0.05, 0) is 36.8 Å². The minimum Gasteiger partial charge on any atom is -0.477 e. The van der Waals surface area contributed by atoms with E-state index in [0.717, 1.165) is 29.3 Å². The van der Waals surface area contributed by atoms with Crippen LogP contribution in [0.1, 0.15) is 29.3 Å². The van der Waals surface area contributed by atoms with Crippen molar-refractivity contribution in [2.75, 3.05) is 18.0 Å². The van der Waals surface area contributed by atoms with Gasteiger partial charge in [-0.2, -0.15) is 0 Å². The number of benzene rings is 1. The second-order valence-corrected chi connectivity index (χ2v) is 9.22. The maximum atomic E-state index is 15.5. The van der Waals surface area contributed by atoms with Gasteiger partial charge in [-0.15, -0.1) is 0 Å². The molecule has 0 bridgehead atoms. The Morgan fingerprint density at radius 1 is 1.30 bits per heavy atom. The standard InChI is InChI=1S/C23H21F3N4O3/c1-10-17-19(31)12(22(32)33)7-30(16-4-3-11(24)5-14(16)25)20(17)28-21(18(10)26)29-8-13-15(27)6-23(13,2)9-29/h3-5,7,13,15H,6,8-9,27H2,1-2H3,(H,32,33)/t13-,15-,23-/m0/s1. The van der Waals surface area contributed by atoms with E-state index in [1.807, 2.05) is 0 Å². The van der Waals surface area contributed by atoms with Crippen LogP contribution in [0.3, 0.4) is 0 Å². The van der Waals surface area contributed by atoms with Gasteiger partial charge < -0.3 is 15.7 Å². The number of halogens is 3. The first-order valence-electron chi connectivity index (χ1n) is 10.5. The second-order valence-electron chi connectivity index (χ2n) is 9.22. The summed E-state index contributed by atoms with van der Waals surface area (Å²) < 4.78 is 44.7. The number of fused-ring (bicyclic) bond motifs is 2. The van der Waals surface area contributed by atoms with Crippen LogP contribution < -0.4 is 16.1 Å². The number of carboxylic acids is 1. The zero-order chi connectivity index (χ0) is 23.8. The van der Waals surface area contributed by atoms with E-state index in [1.165, 1.54) is 6.92 Å². The number of carboxylic acid groups (broad SMARTS) is 1. The number of nitrogens with two attached hydrogens (primary N) is 1. The number of aromatic nitrogens is 2. The first-order valence-corrected chi connectivity index (χ1v) is 10.5. The van der Waals surface area contributed by atoms with Crippen LogP contribution in [0, 0.1) is 35.7 Å². The number of carbonyl (C=O) groups is 1. The number of nitrogens with zero attached hydrogens (tertiary/aromatic N) is 3. The molecule has 7 nitrogen and oxygen atoms in total. The lowest BCUT2D eigenvalue weighted by atomic mass is 9.60. The van der Waals surface area contributed by atoms with Crippen molar-refractivity contribution in [3.05, 3.63) is 63.2 Å². The molecule has 2 fully saturated rings. The van der Waals surface area contributed by atoms with Crippen LogP contribution in [0.4, 0.5) is 19.0 Å². The Balaban J connectivity index is 1.80. The molecule has 172 valence electrons. The minimum atomic E-state index is -1.56. The van der Waals surface area contributed by atoms with Crippen LogP contribution in [-0.2, 0) is 0 Å². The fourth-order valence-corrected chi connectivity index (χ4v) is 5.33. The maximum Gasteiger partial charge on any atom is 0.341 e. The number of aromatic carboxylic acids is 1. The molecule has 1 saturated heterocycles. The van der Waals surface area contributed by atoms with Gasteiger partial charge in [0.1, 0.15) is 17.2 Å². The van der Waals surface area contributed by atoms with Crippen LogP contribution in [0.15, 0.2) is 29.2 Å². The summed E-state index contributed by atoms with van der Waals surface area (Å²) in [5, 5.41) is 9.24. The van der Waals surface area contributed by atoms with E-state index in [-0.39, 0.29) is 45.5 Å². The highest BCUT2D eigenvalue weighted by molar-refractivity contribution is 5.93. The number of rotatable bonds is 3. The highest BCUT2D eigenvalue weighted by Crippen LogP contribution is 2.51. The largest absolute Gasteiger partial charge is 0.477 e. The molecule has 1 saturated carbocycles. The van der Waals surface area contributed by atoms with Gasteiger partial charge >= 0.3 is 5.97 Å². The highest BCUT2D eigenvalue weighted by Gasteiger charge is 2.55. The quantitative estimate of drug-likeness (QED) is 0.626. The predicted molar refractivity (Wildman–Crippen MR) is 115 cm³/mol. The summed E-state index contributed by atoms with van der Waals surface area (Å²) in [5.41, 5.74) is 4.02. The van der Waals surface area contributed by atoms with Crippen molar-refractivity contribution in [1.29, 1.82) is 0 Å². The fraction of sp³-hybridized carbons (Fsp3) is 0.348. The zero-order valence-electron chi connectivity index (χ0n) is 17.9. The number of pyridine rings is 2. The van der Waals surface area contributed by atoms with Gasteiger partial charge in [0.25, 0.3) is 0 Å². The van der Waals surface area contributed by atoms with Crippen LogP contribution in [0.2, 0.25) is 0 Å². The summed E-state index contributed by atoms with van der Waals surface area (Å²) in [4.78, 5) is 30.8. The topological polar surface area (TPSA) is 101 Å². The van der Waals surface area contributed by atoms with Crippen molar-refractivity contribution in [3.63, 3.8) is 0 Å². The van der Waals surface area contributed by atoms with Gasteiger partial charge in [0.05, 0.1) is 11.1 Å². The molecular formula is C23H21F3N4O3. The third-order valence-electron chi connectivity index (χ3n) is 7.08. The smallest absolute Gasteiger partial charge is 0.341 e. The fourth-order valence-electron chi connectivity index (χ4n) is 5.33. The van der Waals surface area contributed by atoms with Gasteiger partial charge in [-0.25, -0.2) is 22.9 Å². The summed E-state index contributed by atoms with van der Waals surface area (Å²) in [7, 11) is 0. The van der Waals surface area contributed by atoms with Crippen molar-refractivity contribution in [2.24, 2.45) is 17.1 Å². The third kappa shape index (κ3) is 3.04. The second kappa shape index (κ2) is 7.05. The van der Waals surface area contributed by atoms with Crippen molar-refractivity contribution >= 4 is 22.8 Å². The third-order valence-corrected chi connectivity index (χ3v) is 7.08. The van der Waals surface area contributed by atoms with Gasteiger partial charge in [0.2, 0.25) is 5.43 Å². The molecule has 3 aromatic rings. The lowest BCUT2D eigenvalue weighted by molar-refractivity contribution is 0.0695. The first kappa shape index (κ1) is 21.4.